The predicted molar refractivity (Wildman–Crippen MR) is 88.4 cm³/mol. The van der Waals surface area contributed by atoms with E-state index in [2.05, 4.69) is 43.6 Å². The Balaban J connectivity index is 1.80. The zero-order valence-corrected chi connectivity index (χ0v) is 13.5. The van der Waals surface area contributed by atoms with Crippen LogP contribution in [0.1, 0.15) is 38.3 Å². The summed E-state index contributed by atoms with van der Waals surface area (Å²) in [5.74, 6) is 1.74. The fraction of sp³-hybridized carbons (Fsp3) is 0.611. The van der Waals surface area contributed by atoms with Crippen molar-refractivity contribution in [2.45, 2.75) is 45.1 Å². The number of likely N-dealkylation sites (N-methyl/N-ethyl adjacent to an activating group) is 1. The van der Waals surface area contributed by atoms with Gasteiger partial charge >= 0.3 is 0 Å². The van der Waals surface area contributed by atoms with Crippen LogP contribution in [0.3, 0.4) is 0 Å². The van der Waals surface area contributed by atoms with Gasteiger partial charge < -0.3 is 5.32 Å². The maximum absolute atomic E-state index is 4.76. The lowest BCUT2D eigenvalue weighted by Crippen LogP contribution is -2.34. The molecule has 0 aliphatic heterocycles. The first-order valence-corrected chi connectivity index (χ1v) is 8.30. The minimum Gasteiger partial charge on any atom is -0.316 e. The number of para-hydroxylation sites is 1. The maximum atomic E-state index is 4.76. The molecule has 3 nitrogen and oxygen atoms in total. The predicted octanol–water partition coefficient (Wildman–Crippen LogP) is 3.53. The van der Waals surface area contributed by atoms with Gasteiger partial charge in [-0.1, -0.05) is 38.0 Å². The standard InChI is InChI=1S/C18H27N3/c1-4-13-9-10-14(11-13)16(19-2)12-17-15-7-5-6-8-18(15)21(3)20-17/h5-8,13-14,16,19H,4,9-12H2,1-3H3. The highest BCUT2D eigenvalue weighted by atomic mass is 15.3. The largest absolute Gasteiger partial charge is 0.316 e. The average Bonchev–Trinajstić information content (AvgIpc) is 3.11. The zero-order valence-electron chi connectivity index (χ0n) is 13.5. The van der Waals surface area contributed by atoms with E-state index in [1.54, 1.807) is 0 Å². The van der Waals surface area contributed by atoms with Crippen LogP contribution in [-0.2, 0) is 13.5 Å². The Morgan fingerprint density at radius 2 is 2.14 bits per heavy atom. The molecule has 3 heteroatoms. The van der Waals surface area contributed by atoms with Gasteiger partial charge in [-0.3, -0.25) is 4.68 Å². The van der Waals surface area contributed by atoms with Crippen LogP contribution < -0.4 is 5.32 Å². The molecule has 0 radical (unpaired) electrons. The lowest BCUT2D eigenvalue weighted by atomic mass is 9.92. The third kappa shape index (κ3) is 2.84. The van der Waals surface area contributed by atoms with Crippen molar-refractivity contribution in [2.24, 2.45) is 18.9 Å². The molecule has 0 spiro atoms. The molecule has 2 aromatic rings. The van der Waals surface area contributed by atoms with Crippen molar-refractivity contribution < 1.29 is 0 Å². The minimum absolute atomic E-state index is 0.555. The number of benzene rings is 1. The van der Waals surface area contributed by atoms with Gasteiger partial charge in [0.25, 0.3) is 0 Å². The van der Waals surface area contributed by atoms with Gasteiger partial charge in [0, 0.05) is 24.9 Å². The van der Waals surface area contributed by atoms with E-state index in [1.807, 2.05) is 11.7 Å². The van der Waals surface area contributed by atoms with Crippen molar-refractivity contribution in [1.82, 2.24) is 15.1 Å². The molecular formula is C18H27N3. The molecule has 1 aromatic heterocycles. The van der Waals surface area contributed by atoms with E-state index in [0.717, 1.165) is 18.3 Å². The molecule has 3 rings (SSSR count). The molecule has 21 heavy (non-hydrogen) atoms. The van der Waals surface area contributed by atoms with Crippen molar-refractivity contribution >= 4 is 10.9 Å². The highest BCUT2D eigenvalue weighted by Crippen LogP contribution is 2.36. The van der Waals surface area contributed by atoms with Crippen LogP contribution >= 0.6 is 0 Å². The van der Waals surface area contributed by atoms with Gasteiger partial charge in [0.15, 0.2) is 0 Å². The molecule has 1 heterocycles. The molecule has 1 aliphatic carbocycles. The summed E-state index contributed by atoms with van der Waals surface area (Å²) in [6.45, 7) is 2.33. The number of hydrogen-bond acceptors (Lipinski definition) is 2. The van der Waals surface area contributed by atoms with E-state index in [1.165, 1.54) is 42.3 Å². The Morgan fingerprint density at radius 1 is 1.33 bits per heavy atom. The first-order chi connectivity index (χ1) is 10.2. The SMILES string of the molecule is CCC1CCC(C(Cc2nn(C)c3ccccc23)NC)C1. The Kier molecular flexibility index (Phi) is 4.29. The first-order valence-electron chi connectivity index (χ1n) is 8.30. The van der Waals surface area contributed by atoms with E-state index in [9.17, 15) is 0 Å². The molecule has 0 saturated heterocycles. The van der Waals surface area contributed by atoms with Crippen LogP contribution in [0.4, 0.5) is 0 Å². The third-order valence-electron chi connectivity index (χ3n) is 5.35. The lowest BCUT2D eigenvalue weighted by Gasteiger charge is -2.22. The van der Waals surface area contributed by atoms with E-state index >= 15 is 0 Å². The highest BCUT2D eigenvalue weighted by Gasteiger charge is 2.30. The fourth-order valence-electron chi connectivity index (χ4n) is 4.00. The summed E-state index contributed by atoms with van der Waals surface area (Å²) in [6.07, 6.45) is 6.53. The molecule has 1 aromatic carbocycles. The van der Waals surface area contributed by atoms with Crippen molar-refractivity contribution in [3.8, 4) is 0 Å². The fourth-order valence-corrected chi connectivity index (χ4v) is 4.00. The molecule has 3 atom stereocenters. The van der Waals surface area contributed by atoms with E-state index in [-0.39, 0.29) is 0 Å². The van der Waals surface area contributed by atoms with Gasteiger partial charge in [0.2, 0.25) is 0 Å². The van der Waals surface area contributed by atoms with E-state index < -0.39 is 0 Å². The monoisotopic (exact) mass is 285 g/mol. The highest BCUT2D eigenvalue weighted by molar-refractivity contribution is 5.81. The maximum Gasteiger partial charge on any atom is 0.0718 e. The molecule has 1 aliphatic rings. The molecule has 1 fully saturated rings. The normalized spacial score (nSPS) is 23.8. The summed E-state index contributed by atoms with van der Waals surface area (Å²) in [5.41, 5.74) is 2.48. The Morgan fingerprint density at radius 3 is 2.86 bits per heavy atom. The summed E-state index contributed by atoms with van der Waals surface area (Å²) in [7, 11) is 4.15. The average molecular weight is 285 g/mol. The Labute approximate surface area is 127 Å². The van der Waals surface area contributed by atoms with Crippen molar-refractivity contribution in [2.75, 3.05) is 7.05 Å². The number of aromatic nitrogens is 2. The molecular weight excluding hydrogens is 258 g/mol. The van der Waals surface area contributed by atoms with E-state index in [0.29, 0.717) is 6.04 Å². The number of fused-ring (bicyclic) bond motifs is 1. The van der Waals surface area contributed by atoms with Crippen molar-refractivity contribution in [3.05, 3.63) is 30.0 Å². The summed E-state index contributed by atoms with van der Waals surface area (Å²) >= 11 is 0. The molecule has 1 saturated carbocycles. The van der Waals surface area contributed by atoms with Crippen LogP contribution in [0.5, 0.6) is 0 Å². The van der Waals surface area contributed by atoms with Gasteiger partial charge in [-0.25, -0.2) is 0 Å². The summed E-state index contributed by atoms with van der Waals surface area (Å²) < 4.78 is 2.01. The van der Waals surface area contributed by atoms with Gasteiger partial charge in [-0.15, -0.1) is 0 Å². The van der Waals surface area contributed by atoms with E-state index in [4.69, 9.17) is 5.10 Å². The van der Waals surface area contributed by atoms with Crippen LogP contribution in [0, 0.1) is 11.8 Å². The number of hydrogen-bond donors (Lipinski definition) is 1. The molecule has 0 bridgehead atoms. The van der Waals surface area contributed by atoms with Crippen LogP contribution in [0.15, 0.2) is 24.3 Å². The van der Waals surface area contributed by atoms with Gasteiger partial charge in [0.1, 0.15) is 0 Å². The number of aryl methyl sites for hydroxylation is 1. The summed E-state index contributed by atoms with van der Waals surface area (Å²) in [4.78, 5) is 0. The van der Waals surface area contributed by atoms with Crippen LogP contribution in [0.25, 0.3) is 10.9 Å². The third-order valence-corrected chi connectivity index (χ3v) is 5.35. The zero-order chi connectivity index (χ0) is 14.8. The second kappa shape index (κ2) is 6.18. The minimum atomic E-state index is 0.555. The first kappa shape index (κ1) is 14.6. The van der Waals surface area contributed by atoms with Gasteiger partial charge in [-0.2, -0.15) is 5.10 Å². The van der Waals surface area contributed by atoms with Gasteiger partial charge in [-0.05, 0) is 37.8 Å². The van der Waals surface area contributed by atoms with Gasteiger partial charge in [0.05, 0.1) is 11.2 Å². The second-order valence-corrected chi connectivity index (χ2v) is 6.53. The lowest BCUT2D eigenvalue weighted by molar-refractivity contribution is 0.359. The van der Waals surface area contributed by atoms with Crippen molar-refractivity contribution in [3.63, 3.8) is 0 Å². The molecule has 1 N–H and O–H groups in total. The van der Waals surface area contributed by atoms with Crippen LogP contribution in [-0.4, -0.2) is 22.9 Å². The quantitative estimate of drug-likeness (QED) is 0.911. The Hall–Kier alpha value is -1.35. The van der Waals surface area contributed by atoms with Crippen LogP contribution in [0.2, 0.25) is 0 Å². The smallest absolute Gasteiger partial charge is 0.0718 e. The molecule has 114 valence electrons. The number of rotatable bonds is 5. The Bertz CT molecular complexity index is 602. The number of nitrogens with one attached hydrogen (secondary N) is 1. The second-order valence-electron chi connectivity index (χ2n) is 6.53. The number of nitrogens with zero attached hydrogens (tertiary/aromatic N) is 2. The summed E-state index contributed by atoms with van der Waals surface area (Å²) in [6, 6.07) is 9.12. The van der Waals surface area contributed by atoms with Crippen molar-refractivity contribution in [1.29, 1.82) is 0 Å². The molecule has 3 unspecified atom stereocenters. The topological polar surface area (TPSA) is 29.9 Å². The summed E-state index contributed by atoms with van der Waals surface area (Å²) in [5, 5.41) is 9.64. The molecule has 0 amide bonds.